The monoisotopic (exact) mass is 168 g/mol. The fourth-order valence-corrected chi connectivity index (χ4v) is 0.807. The number of hydrogen-bond acceptors (Lipinski definition) is 1. The number of carbonyl (C=O) groups excluding carboxylic acids is 1. The zero-order chi connectivity index (χ0) is 9.61. The van der Waals surface area contributed by atoms with Gasteiger partial charge < -0.3 is 4.79 Å². The molecule has 0 saturated carbocycles. The van der Waals surface area contributed by atoms with Crippen molar-refractivity contribution in [2.75, 3.05) is 0 Å². The maximum atomic E-state index is 10.6. The normalized spacial score (nSPS) is 12.3. The third-order valence-electron chi connectivity index (χ3n) is 2.14. The summed E-state index contributed by atoms with van der Waals surface area (Å²) in [5.41, 5.74) is 0.288. The molecule has 0 radical (unpaired) electrons. The molecule has 70 valence electrons. The Labute approximate surface area is 75.9 Å². The van der Waals surface area contributed by atoms with Gasteiger partial charge in [0.05, 0.1) is 0 Å². The van der Waals surface area contributed by atoms with Gasteiger partial charge in [0.15, 0.2) is 0 Å². The molecular formula is C11H20O. The van der Waals surface area contributed by atoms with Gasteiger partial charge in [-0.3, -0.25) is 0 Å². The quantitative estimate of drug-likeness (QED) is 0.575. The van der Waals surface area contributed by atoms with E-state index in [1.165, 1.54) is 0 Å². The summed E-state index contributed by atoms with van der Waals surface area (Å²) in [6.45, 7) is 8.22. The number of hydrogen-bond donors (Lipinski definition) is 0. The molecule has 0 aliphatic carbocycles. The number of allylic oxidation sites excluding steroid dienone is 2. The van der Waals surface area contributed by atoms with Crippen LogP contribution in [0.5, 0.6) is 0 Å². The smallest absolute Gasteiger partial charge is 0.130 e. The van der Waals surface area contributed by atoms with Crippen molar-refractivity contribution < 1.29 is 4.79 Å². The molecule has 0 aliphatic heterocycles. The van der Waals surface area contributed by atoms with Gasteiger partial charge in [-0.15, -0.1) is 0 Å². The predicted molar refractivity (Wildman–Crippen MR) is 53.1 cm³/mol. The third-order valence-corrected chi connectivity index (χ3v) is 2.14. The second-order valence-corrected chi connectivity index (χ2v) is 3.99. The number of Topliss-reactive ketones (excluding diaryl/α,β-unsaturated/α-hetero) is 1. The van der Waals surface area contributed by atoms with E-state index in [-0.39, 0.29) is 11.2 Å². The number of ketones is 1. The van der Waals surface area contributed by atoms with Crippen molar-refractivity contribution in [3.8, 4) is 0 Å². The van der Waals surface area contributed by atoms with Crippen LogP contribution in [0.2, 0.25) is 0 Å². The van der Waals surface area contributed by atoms with Gasteiger partial charge in [0.25, 0.3) is 0 Å². The minimum Gasteiger partial charge on any atom is -0.300 e. The third kappa shape index (κ3) is 6.14. The van der Waals surface area contributed by atoms with Gasteiger partial charge in [-0.1, -0.05) is 32.9 Å². The average Bonchev–Trinajstić information content (AvgIpc) is 1.98. The van der Waals surface area contributed by atoms with E-state index < -0.39 is 0 Å². The highest BCUT2D eigenvalue weighted by Crippen LogP contribution is 2.21. The first-order chi connectivity index (χ1) is 5.48. The van der Waals surface area contributed by atoms with Crippen LogP contribution >= 0.6 is 0 Å². The van der Waals surface area contributed by atoms with E-state index in [1.807, 2.05) is 0 Å². The molecule has 1 nitrogen and oxygen atoms in total. The Morgan fingerprint density at radius 1 is 1.42 bits per heavy atom. The molecule has 0 N–H and O–H groups in total. The van der Waals surface area contributed by atoms with E-state index in [1.54, 1.807) is 6.92 Å². The summed E-state index contributed by atoms with van der Waals surface area (Å²) in [7, 11) is 0. The average molecular weight is 168 g/mol. The van der Waals surface area contributed by atoms with Crippen LogP contribution in [0.4, 0.5) is 0 Å². The van der Waals surface area contributed by atoms with Crippen molar-refractivity contribution in [1.29, 1.82) is 0 Å². The Kier molecular flexibility index (Phi) is 4.87. The molecule has 0 amide bonds. The summed E-state index contributed by atoms with van der Waals surface area (Å²) in [5.74, 6) is 0.272. The number of rotatable bonds is 5. The Hall–Kier alpha value is -0.590. The molecule has 0 unspecified atom stereocenters. The van der Waals surface area contributed by atoms with Crippen molar-refractivity contribution in [1.82, 2.24) is 0 Å². The minimum absolute atomic E-state index is 0.272. The largest absolute Gasteiger partial charge is 0.300 e. The minimum atomic E-state index is 0.272. The molecule has 12 heavy (non-hydrogen) atoms. The summed E-state index contributed by atoms with van der Waals surface area (Å²) in [6, 6.07) is 0. The van der Waals surface area contributed by atoms with E-state index in [0.717, 1.165) is 12.8 Å². The fraction of sp³-hybridized carbons (Fsp3) is 0.727. The lowest BCUT2D eigenvalue weighted by molar-refractivity contribution is -0.116. The lowest BCUT2D eigenvalue weighted by atomic mass is 9.89. The molecule has 0 aliphatic rings. The first kappa shape index (κ1) is 11.4. The zero-order valence-electron chi connectivity index (χ0n) is 8.68. The highest BCUT2D eigenvalue weighted by atomic mass is 16.1. The van der Waals surface area contributed by atoms with E-state index >= 15 is 0 Å². The lowest BCUT2D eigenvalue weighted by Gasteiger charge is -2.16. The van der Waals surface area contributed by atoms with Crippen LogP contribution in [0, 0.1) is 5.41 Å². The topological polar surface area (TPSA) is 17.1 Å². The van der Waals surface area contributed by atoms with Gasteiger partial charge in [-0.05, 0) is 25.2 Å². The van der Waals surface area contributed by atoms with Gasteiger partial charge in [0.1, 0.15) is 5.78 Å². The summed E-state index contributed by atoms with van der Waals surface area (Å²) >= 11 is 0. The van der Waals surface area contributed by atoms with E-state index in [4.69, 9.17) is 0 Å². The Balaban J connectivity index is 3.68. The molecule has 0 spiro atoms. The summed E-state index contributed by atoms with van der Waals surface area (Å²) in [5, 5.41) is 0. The van der Waals surface area contributed by atoms with Crippen LogP contribution in [0.1, 0.15) is 47.0 Å². The second-order valence-electron chi connectivity index (χ2n) is 3.99. The molecule has 0 saturated heterocycles. The molecule has 0 aromatic carbocycles. The second kappa shape index (κ2) is 5.13. The van der Waals surface area contributed by atoms with Crippen LogP contribution in [0.3, 0.4) is 0 Å². The van der Waals surface area contributed by atoms with Crippen molar-refractivity contribution in [2.45, 2.75) is 47.0 Å². The maximum Gasteiger partial charge on any atom is 0.130 e. The molecule has 0 fully saturated rings. The fourth-order valence-electron chi connectivity index (χ4n) is 0.807. The highest BCUT2D eigenvalue weighted by Gasteiger charge is 2.08. The summed E-state index contributed by atoms with van der Waals surface area (Å²) in [4.78, 5) is 10.6. The van der Waals surface area contributed by atoms with Crippen LogP contribution in [0.15, 0.2) is 12.2 Å². The molecule has 0 atom stereocenters. The molecule has 0 rings (SSSR count). The van der Waals surface area contributed by atoms with Gasteiger partial charge >= 0.3 is 0 Å². The van der Waals surface area contributed by atoms with Crippen molar-refractivity contribution >= 4 is 5.78 Å². The zero-order valence-corrected chi connectivity index (χ0v) is 8.68. The standard InChI is InChI=1S/C11H20O/c1-5-11(3,4)9-7-6-8-10(2)12/h7,9H,5-6,8H2,1-4H3/b9-7+. The van der Waals surface area contributed by atoms with Gasteiger partial charge in [0.2, 0.25) is 0 Å². The van der Waals surface area contributed by atoms with Crippen molar-refractivity contribution in [3.63, 3.8) is 0 Å². The van der Waals surface area contributed by atoms with E-state index in [2.05, 4.69) is 32.9 Å². The van der Waals surface area contributed by atoms with Crippen molar-refractivity contribution in [3.05, 3.63) is 12.2 Å². The SMILES string of the molecule is CCC(C)(C)/C=C/CCC(C)=O. The van der Waals surface area contributed by atoms with E-state index in [0.29, 0.717) is 6.42 Å². The van der Waals surface area contributed by atoms with E-state index in [9.17, 15) is 4.79 Å². The molecule has 1 heteroatoms. The van der Waals surface area contributed by atoms with Crippen LogP contribution in [-0.2, 0) is 4.79 Å². The Morgan fingerprint density at radius 3 is 2.42 bits per heavy atom. The number of carbonyl (C=O) groups is 1. The molecule has 0 heterocycles. The first-order valence-corrected chi connectivity index (χ1v) is 4.65. The maximum absolute atomic E-state index is 10.6. The Morgan fingerprint density at radius 2 is 2.00 bits per heavy atom. The van der Waals surface area contributed by atoms with Crippen molar-refractivity contribution in [2.24, 2.45) is 5.41 Å². The van der Waals surface area contributed by atoms with Crippen LogP contribution in [0.25, 0.3) is 0 Å². The predicted octanol–water partition coefficient (Wildman–Crippen LogP) is 3.35. The van der Waals surface area contributed by atoms with Crippen LogP contribution < -0.4 is 0 Å². The van der Waals surface area contributed by atoms with Crippen LogP contribution in [-0.4, -0.2) is 5.78 Å². The molecular weight excluding hydrogens is 148 g/mol. The lowest BCUT2D eigenvalue weighted by Crippen LogP contribution is -2.04. The molecule has 0 aromatic rings. The summed E-state index contributed by atoms with van der Waals surface area (Å²) < 4.78 is 0. The Bertz CT molecular complexity index is 166. The van der Waals surface area contributed by atoms with Gasteiger partial charge in [-0.2, -0.15) is 0 Å². The highest BCUT2D eigenvalue weighted by molar-refractivity contribution is 5.75. The van der Waals surface area contributed by atoms with Gasteiger partial charge in [-0.25, -0.2) is 0 Å². The van der Waals surface area contributed by atoms with Gasteiger partial charge in [0, 0.05) is 6.42 Å². The molecule has 0 aromatic heterocycles. The molecule has 0 bridgehead atoms. The summed E-state index contributed by atoms with van der Waals surface area (Å²) in [6.07, 6.45) is 7.03. The first-order valence-electron chi connectivity index (χ1n) is 4.65.